The van der Waals surface area contributed by atoms with Crippen molar-refractivity contribution in [3.8, 4) is 5.75 Å². The topological polar surface area (TPSA) is 84.2 Å². The minimum absolute atomic E-state index is 0. The first kappa shape index (κ1) is 25.8. The Morgan fingerprint density at radius 2 is 1.41 bits per heavy atom. The average Bonchev–Trinajstić information content (AvgIpc) is 2.38. The average molecular weight is 364 g/mol. The quantitative estimate of drug-likeness (QED) is 0.697. The molecular formula is C15H28CuN2O4+2. The zero-order valence-corrected chi connectivity index (χ0v) is 14.8. The number of hydrogen-bond donors (Lipinski definition) is 3. The van der Waals surface area contributed by atoms with E-state index in [9.17, 15) is 4.79 Å². The maximum Gasteiger partial charge on any atom is 2.00 e. The fraction of sp³-hybridized carbons (Fsp3) is 0.533. The first-order chi connectivity index (χ1) is 9.76. The first-order valence-corrected chi connectivity index (χ1v) is 6.67. The molecule has 0 heterocycles. The molecule has 0 aliphatic heterocycles. The minimum Gasteiger partial charge on any atom is -0.507 e. The molecule has 0 aromatic heterocycles. The number of aromatic hydroxyl groups is 1. The maximum absolute atomic E-state index is 10.3. The molecule has 0 amide bonds. The van der Waals surface area contributed by atoms with E-state index in [-0.39, 0.29) is 35.0 Å². The van der Waals surface area contributed by atoms with Gasteiger partial charge in [-0.15, -0.1) is 0 Å². The predicted molar refractivity (Wildman–Crippen MR) is 84.9 cm³/mol. The number of aromatic carboxylic acids is 1. The Labute approximate surface area is 143 Å². The Kier molecular flexibility index (Phi) is 19.1. The van der Waals surface area contributed by atoms with E-state index in [2.05, 4.69) is 38.0 Å². The molecule has 1 radical (unpaired) electrons. The van der Waals surface area contributed by atoms with Crippen LogP contribution in [0, 0.1) is 0 Å². The molecule has 1 aromatic carbocycles. The number of carbonyl (C=O) groups is 1. The molecule has 0 unspecified atom stereocenters. The number of nitrogens with zero attached hydrogens (tertiary/aromatic N) is 2. The Morgan fingerprint density at radius 1 is 1.05 bits per heavy atom. The fourth-order valence-electron chi connectivity index (χ4n) is 1.05. The van der Waals surface area contributed by atoms with Crippen LogP contribution in [-0.4, -0.2) is 79.0 Å². The smallest absolute Gasteiger partial charge is 0.507 e. The van der Waals surface area contributed by atoms with Crippen LogP contribution in [0.4, 0.5) is 0 Å². The number of phenols is 1. The number of hydrogen-bond acceptors (Lipinski definition) is 5. The number of carboxylic acids is 1. The van der Waals surface area contributed by atoms with Gasteiger partial charge in [0.25, 0.3) is 0 Å². The number of aliphatic hydroxyl groups is 1. The zero-order chi connectivity index (χ0) is 16.8. The third kappa shape index (κ3) is 16.9. The van der Waals surface area contributed by atoms with Gasteiger partial charge in [0.2, 0.25) is 0 Å². The van der Waals surface area contributed by atoms with E-state index in [1.807, 2.05) is 0 Å². The van der Waals surface area contributed by atoms with Crippen molar-refractivity contribution < 1.29 is 37.2 Å². The molecule has 1 rings (SSSR count). The number of carboxylic acid groups (broad SMARTS) is 1. The largest absolute Gasteiger partial charge is 2.00 e. The van der Waals surface area contributed by atoms with E-state index >= 15 is 0 Å². The number of para-hydroxylation sites is 1. The van der Waals surface area contributed by atoms with Crippen LogP contribution in [0.2, 0.25) is 0 Å². The Bertz CT molecular complexity index is 380. The van der Waals surface area contributed by atoms with Gasteiger partial charge >= 0.3 is 23.0 Å². The summed E-state index contributed by atoms with van der Waals surface area (Å²) in [5.41, 5.74) is -0.0671. The third-order valence-corrected chi connectivity index (χ3v) is 2.13. The van der Waals surface area contributed by atoms with E-state index in [4.69, 9.17) is 15.3 Å². The Hall–Kier alpha value is -1.11. The summed E-state index contributed by atoms with van der Waals surface area (Å²) in [4.78, 5) is 14.6. The van der Waals surface area contributed by atoms with Crippen molar-refractivity contribution in [3.63, 3.8) is 0 Å². The molecule has 0 bridgehead atoms. The maximum atomic E-state index is 10.3. The van der Waals surface area contributed by atoms with Gasteiger partial charge in [-0.05, 0) is 47.2 Å². The second kappa shape index (κ2) is 16.3. The van der Waals surface area contributed by atoms with E-state index in [1.165, 1.54) is 12.1 Å². The summed E-state index contributed by atoms with van der Waals surface area (Å²) in [6.45, 7) is 4.22. The van der Waals surface area contributed by atoms with Gasteiger partial charge in [-0.3, -0.25) is 0 Å². The van der Waals surface area contributed by atoms with Crippen molar-refractivity contribution in [2.24, 2.45) is 0 Å². The summed E-state index contributed by atoms with van der Waals surface area (Å²) in [7, 11) is 8.35. The monoisotopic (exact) mass is 363 g/mol. The summed E-state index contributed by atoms with van der Waals surface area (Å²) >= 11 is 0. The molecule has 7 heteroatoms. The minimum atomic E-state index is -1.11. The van der Waals surface area contributed by atoms with Gasteiger partial charge in [0.1, 0.15) is 11.3 Å². The second-order valence-electron chi connectivity index (χ2n) is 4.75. The van der Waals surface area contributed by atoms with E-state index < -0.39 is 5.97 Å². The molecule has 1 aromatic rings. The van der Waals surface area contributed by atoms with Gasteiger partial charge in [-0.1, -0.05) is 12.1 Å². The van der Waals surface area contributed by atoms with Crippen LogP contribution in [0.3, 0.4) is 0 Å². The van der Waals surface area contributed by atoms with Crippen molar-refractivity contribution in [2.45, 2.75) is 6.92 Å². The number of aliphatic hydroxyl groups excluding tert-OH is 1. The molecule has 0 aliphatic carbocycles. The van der Waals surface area contributed by atoms with Crippen molar-refractivity contribution in [3.05, 3.63) is 29.8 Å². The molecule has 22 heavy (non-hydrogen) atoms. The summed E-state index contributed by atoms with van der Waals surface area (Å²) in [5.74, 6) is -1.31. The van der Waals surface area contributed by atoms with E-state index in [0.29, 0.717) is 0 Å². The second-order valence-corrected chi connectivity index (χ2v) is 4.75. The molecule has 0 saturated carbocycles. The molecule has 3 N–H and O–H groups in total. The standard InChI is InChI=1S/C7H6O3.C6H16N2.C2H6O.Cu/c8-6-4-2-1-3-5(6)7(9)10;1-7(2)5-6-8(3)4;1-2-3;/h1-4,8H,(H,9,10);5-6H2,1-4H3;3H,2H2,1H3;/q;;;+2. The molecular weight excluding hydrogens is 336 g/mol. The van der Waals surface area contributed by atoms with Crippen molar-refractivity contribution in [2.75, 3.05) is 47.9 Å². The Balaban J connectivity index is -0.000000273. The number of rotatable bonds is 4. The van der Waals surface area contributed by atoms with Crippen LogP contribution in [0.5, 0.6) is 5.75 Å². The molecule has 0 aliphatic rings. The van der Waals surface area contributed by atoms with Gasteiger partial charge in [-0.2, -0.15) is 0 Å². The van der Waals surface area contributed by atoms with Crippen molar-refractivity contribution in [1.29, 1.82) is 0 Å². The molecule has 0 atom stereocenters. The zero-order valence-electron chi connectivity index (χ0n) is 13.9. The van der Waals surface area contributed by atoms with Crippen molar-refractivity contribution >= 4 is 5.97 Å². The van der Waals surface area contributed by atoms with E-state index in [0.717, 1.165) is 13.1 Å². The number of benzene rings is 1. The van der Waals surface area contributed by atoms with Crippen LogP contribution in [0.25, 0.3) is 0 Å². The predicted octanol–water partition coefficient (Wildman–Crippen LogP) is 1.20. The van der Waals surface area contributed by atoms with Crippen LogP contribution in [-0.2, 0) is 17.1 Å². The van der Waals surface area contributed by atoms with Crippen LogP contribution < -0.4 is 0 Å². The third-order valence-electron chi connectivity index (χ3n) is 2.13. The van der Waals surface area contributed by atoms with Crippen LogP contribution in [0.1, 0.15) is 17.3 Å². The summed E-state index contributed by atoms with van der Waals surface area (Å²) < 4.78 is 0. The van der Waals surface area contributed by atoms with Crippen molar-refractivity contribution in [1.82, 2.24) is 9.80 Å². The molecule has 131 valence electrons. The normalized spacial score (nSPS) is 9.09. The van der Waals surface area contributed by atoms with E-state index in [1.54, 1.807) is 19.1 Å². The summed E-state index contributed by atoms with van der Waals surface area (Å²) in [5, 5.41) is 24.9. The molecule has 6 nitrogen and oxygen atoms in total. The van der Waals surface area contributed by atoms with Gasteiger partial charge < -0.3 is 25.1 Å². The fourth-order valence-corrected chi connectivity index (χ4v) is 1.05. The van der Waals surface area contributed by atoms with Gasteiger partial charge in [0.05, 0.1) is 0 Å². The molecule has 0 fully saturated rings. The van der Waals surface area contributed by atoms with Gasteiger partial charge in [0.15, 0.2) is 0 Å². The molecule has 0 saturated heterocycles. The Morgan fingerprint density at radius 3 is 1.64 bits per heavy atom. The summed E-state index contributed by atoms with van der Waals surface area (Å²) in [6, 6.07) is 5.81. The number of likely N-dealkylation sites (N-methyl/N-ethyl adjacent to an activating group) is 2. The SMILES string of the molecule is CCO.CN(C)CCN(C)C.O=C(O)c1ccccc1O.[Cu+2]. The van der Waals surface area contributed by atoms with Gasteiger partial charge in [-0.25, -0.2) is 4.79 Å². The summed E-state index contributed by atoms with van der Waals surface area (Å²) in [6.07, 6.45) is 0. The first-order valence-electron chi connectivity index (χ1n) is 6.67. The van der Waals surface area contributed by atoms with Crippen LogP contribution in [0.15, 0.2) is 24.3 Å². The molecule has 0 spiro atoms. The van der Waals surface area contributed by atoms with Crippen LogP contribution >= 0.6 is 0 Å². The van der Waals surface area contributed by atoms with Gasteiger partial charge in [0, 0.05) is 19.7 Å².